The first-order valence-corrected chi connectivity index (χ1v) is 10.2. The van der Waals surface area contributed by atoms with Crippen molar-refractivity contribution in [2.45, 2.75) is 33.2 Å². The molecular formula is C23H23FN4O3. The summed E-state index contributed by atoms with van der Waals surface area (Å²) in [6, 6.07) is 11.3. The number of nitrogens with one attached hydrogen (secondary N) is 1. The molecule has 31 heavy (non-hydrogen) atoms. The van der Waals surface area contributed by atoms with Gasteiger partial charge in [0.25, 0.3) is 11.5 Å². The number of amides is 1. The molecule has 1 fully saturated rings. The third-order valence-corrected chi connectivity index (χ3v) is 5.26. The van der Waals surface area contributed by atoms with Crippen LogP contribution >= 0.6 is 0 Å². The zero-order valence-electron chi connectivity index (χ0n) is 17.4. The van der Waals surface area contributed by atoms with E-state index in [1.807, 2.05) is 19.9 Å². The Morgan fingerprint density at radius 3 is 2.45 bits per heavy atom. The van der Waals surface area contributed by atoms with Gasteiger partial charge >= 0.3 is 5.69 Å². The number of halogens is 1. The minimum atomic E-state index is -0.845. The average Bonchev–Trinajstić information content (AvgIpc) is 3.54. The second-order valence-electron chi connectivity index (χ2n) is 8.03. The smallest absolute Gasteiger partial charge is 0.350 e. The molecule has 1 amide bonds. The Bertz CT molecular complexity index is 1250. The van der Waals surface area contributed by atoms with E-state index in [1.165, 1.54) is 18.2 Å². The maximum atomic E-state index is 14.2. The SMILES string of the molecule is Cc1cc(C)cc(-n2nc(C(=O)NCC3CC3)c(=O)n(Cc3ccccc3F)c2=O)c1. The summed E-state index contributed by atoms with van der Waals surface area (Å²) in [5.41, 5.74) is 0.422. The first-order valence-electron chi connectivity index (χ1n) is 10.2. The highest BCUT2D eigenvalue weighted by molar-refractivity contribution is 5.91. The van der Waals surface area contributed by atoms with Crippen LogP contribution in [-0.2, 0) is 6.54 Å². The lowest BCUT2D eigenvalue weighted by Crippen LogP contribution is -2.46. The summed E-state index contributed by atoms with van der Waals surface area (Å²) in [6.07, 6.45) is 2.07. The fourth-order valence-corrected chi connectivity index (χ4v) is 3.48. The molecule has 1 aliphatic rings. The highest BCUT2D eigenvalue weighted by Gasteiger charge is 2.25. The molecule has 2 aromatic carbocycles. The van der Waals surface area contributed by atoms with Crippen LogP contribution in [0.2, 0.25) is 0 Å². The molecule has 0 bridgehead atoms. The van der Waals surface area contributed by atoms with Crippen LogP contribution in [0.5, 0.6) is 0 Å². The van der Waals surface area contributed by atoms with Gasteiger partial charge in [-0.05, 0) is 61.9 Å². The van der Waals surface area contributed by atoms with Crippen LogP contribution in [0.15, 0.2) is 52.1 Å². The van der Waals surface area contributed by atoms with Crippen LogP contribution in [0.25, 0.3) is 5.69 Å². The second kappa shape index (κ2) is 8.29. The Hall–Kier alpha value is -3.55. The molecule has 1 saturated carbocycles. The molecule has 1 N–H and O–H groups in total. The number of hydrogen-bond acceptors (Lipinski definition) is 4. The fourth-order valence-electron chi connectivity index (χ4n) is 3.48. The normalized spacial score (nSPS) is 13.3. The molecule has 0 aliphatic heterocycles. The lowest BCUT2D eigenvalue weighted by molar-refractivity contribution is 0.0942. The minimum absolute atomic E-state index is 0.171. The van der Waals surface area contributed by atoms with Gasteiger partial charge < -0.3 is 5.32 Å². The van der Waals surface area contributed by atoms with Gasteiger partial charge in [0.1, 0.15) is 5.82 Å². The van der Waals surface area contributed by atoms with Crippen molar-refractivity contribution in [2.24, 2.45) is 5.92 Å². The Balaban J connectivity index is 1.86. The Morgan fingerprint density at radius 1 is 1.13 bits per heavy atom. The van der Waals surface area contributed by atoms with E-state index in [1.54, 1.807) is 18.2 Å². The van der Waals surface area contributed by atoms with Crippen molar-refractivity contribution in [2.75, 3.05) is 6.54 Å². The van der Waals surface area contributed by atoms with Gasteiger partial charge in [0.05, 0.1) is 12.2 Å². The molecule has 1 heterocycles. The summed E-state index contributed by atoms with van der Waals surface area (Å²) < 4.78 is 16.1. The molecule has 3 aromatic rings. The minimum Gasteiger partial charge on any atom is -0.350 e. The third kappa shape index (κ3) is 4.47. The van der Waals surface area contributed by atoms with Crippen molar-refractivity contribution in [3.63, 3.8) is 0 Å². The van der Waals surface area contributed by atoms with Gasteiger partial charge in [0, 0.05) is 12.1 Å². The molecule has 7 nitrogen and oxygen atoms in total. The molecule has 8 heteroatoms. The summed E-state index contributed by atoms with van der Waals surface area (Å²) in [7, 11) is 0. The topological polar surface area (TPSA) is 86.0 Å². The third-order valence-electron chi connectivity index (χ3n) is 5.26. The summed E-state index contributed by atoms with van der Waals surface area (Å²) in [5.74, 6) is -0.768. The molecule has 0 spiro atoms. The van der Waals surface area contributed by atoms with Crippen molar-refractivity contribution in [3.8, 4) is 5.69 Å². The van der Waals surface area contributed by atoms with Crippen LogP contribution in [0.4, 0.5) is 4.39 Å². The van der Waals surface area contributed by atoms with Gasteiger partial charge in [0.15, 0.2) is 0 Å². The first-order chi connectivity index (χ1) is 14.8. The highest BCUT2D eigenvalue weighted by Crippen LogP contribution is 2.27. The van der Waals surface area contributed by atoms with E-state index in [-0.39, 0.29) is 12.1 Å². The predicted octanol–water partition coefficient (Wildman–Crippen LogP) is 2.34. The van der Waals surface area contributed by atoms with E-state index in [9.17, 15) is 18.8 Å². The van der Waals surface area contributed by atoms with Gasteiger partial charge in [-0.2, -0.15) is 9.78 Å². The van der Waals surface area contributed by atoms with Gasteiger partial charge in [-0.1, -0.05) is 24.3 Å². The number of nitrogens with zero attached hydrogens (tertiary/aromatic N) is 3. The fraction of sp³-hybridized carbons (Fsp3) is 0.304. The van der Waals surface area contributed by atoms with E-state index in [0.717, 1.165) is 33.2 Å². The van der Waals surface area contributed by atoms with Crippen LogP contribution in [0, 0.1) is 25.6 Å². The number of carbonyl (C=O) groups excluding carboxylic acids is 1. The van der Waals surface area contributed by atoms with Gasteiger partial charge in [0.2, 0.25) is 5.69 Å². The molecule has 1 aliphatic carbocycles. The molecule has 0 saturated heterocycles. The summed E-state index contributed by atoms with van der Waals surface area (Å²) >= 11 is 0. The predicted molar refractivity (Wildman–Crippen MR) is 114 cm³/mol. The number of aromatic nitrogens is 3. The largest absolute Gasteiger partial charge is 0.352 e. The van der Waals surface area contributed by atoms with Crippen LogP contribution in [0.3, 0.4) is 0 Å². The Kier molecular flexibility index (Phi) is 5.54. The molecule has 160 valence electrons. The first kappa shape index (κ1) is 20.7. The number of benzene rings is 2. The van der Waals surface area contributed by atoms with E-state index in [4.69, 9.17) is 0 Å². The van der Waals surface area contributed by atoms with Crippen molar-refractivity contribution in [1.29, 1.82) is 0 Å². The number of carbonyl (C=O) groups is 1. The van der Waals surface area contributed by atoms with Gasteiger partial charge in [-0.3, -0.25) is 14.2 Å². The van der Waals surface area contributed by atoms with Crippen molar-refractivity contribution in [3.05, 3.63) is 91.5 Å². The molecular weight excluding hydrogens is 399 g/mol. The van der Waals surface area contributed by atoms with E-state index in [0.29, 0.717) is 18.2 Å². The lowest BCUT2D eigenvalue weighted by atomic mass is 10.1. The molecule has 0 unspecified atom stereocenters. The number of aryl methyl sites for hydroxylation is 2. The molecule has 0 radical (unpaired) electrons. The summed E-state index contributed by atoms with van der Waals surface area (Å²) in [5, 5.41) is 6.83. The van der Waals surface area contributed by atoms with Crippen LogP contribution in [0.1, 0.15) is 40.0 Å². The number of hydrogen-bond donors (Lipinski definition) is 1. The standard InChI is InChI=1S/C23H23FN4O3/c1-14-9-15(2)11-18(10-14)28-23(31)27(13-17-5-3-4-6-19(17)24)22(30)20(26-28)21(29)25-12-16-7-8-16/h3-6,9-11,16H,7-8,12-13H2,1-2H3,(H,25,29). The molecule has 1 aromatic heterocycles. The van der Waals surface area contributed by atoms with Crippen molar-refractivity contribution >= 4 is 5.91 Å². The highest BCUT2D eigenvalue weighted by atomic mass is 19.1. The zero-order valence-corrected chi connectivity index (χ0v) is 17.4. The Morgan fingerprint density at radius 2 is 1.81 bits per heavy atom. The van der Waals surface area contributed by atoms with Gasteiger partial charge in [-0.15, -0.1) is 0 Å². The lowest BCUT2D eigenvalue weighted by Gasteiger charge is -2.13. The maximum Gasteiger partial charge on any atom is 0.352 e. The van der Waals surface area contributed by atoms with Crippen LogP contribution in [-0.4, -0.2) is 26.8 Å². The maximum absolute atomic E-state index is 14.2. The molecule has 0 atom stereocenters. The zero-order chi connectivity index (χ0) is 22.1. The Labute approximate surface area is 178 Å². The number of rotatable bonds is 6. The monoisotopic (exact) mass is 422 g/mol. The second-order valence-corrected chi connectivity index (χ2v) is 8.03. The molecule has 4 rings (SSSR count). The van der Waals surface area contributed by atoms with Gasteiger partial charge in [-0.25, -0.2) is 9.18 Å². The van der Waals surface area contributed by atoms with Crippen molar-refractivity contribution < 1.29 is 9.18 Å². The average molecular weight is 422 g/mol. The van der Waals surface area contributed by atoms with E-state index >= 15 is 0 Å². The van der Waals surface area contributed by atoms with Crippen LogP contribution < -0.4 is 16.6 Å². The summed E-state index contributed by atoms with van der Waals surface area (Å²) in [4.78, 5) is 38.9. The summed E-state index contributed by atoms with van der Waals surface area (Å²) in [6.45, 7) is 3.90. The van der Waals surface area contributed by atoms with Crippen molar-refractivity contribution in [1.82, 2.24) is 19.7 Å². The van der Waals surface area contributed by atoms with E-state index in [2.05, 4.69) is 10.4 Å². The quantitative estimate of drug-likeness (QED) is 0.661. The van der Waals surface area contributed by atoms with E-state index < -0.39 is 28.7 Å².